The van der Waals surface area contributed by atoms with Crippen LogP contribution in [-0.2, 0) is 4.79 Å². The van der Waals surface area contributed by atoms with Gasteiger partial charge in [-0.3, -0.25) is 19.8 Å². The molecule has 1 aliphatic heterocycles. The molecule has 1 saturated carbocycles. The predicted octanol–water partition coefficient (Wildman–Crippen LogP) is 2.77. The molecule has 1 atom stereocenters. The summed E-state index contributed by atoms with van der Waals surface area (Å²) in [6.07, 6.45) is 4.12. The van der Waals surface area contributed by atoms with Gasteiger partial charge >= 0.3 is 0 Å². The summed E-state index contributed by atoms with van der Waals surface area (Å²) in [6, 6.07) is 2.35. The molecule has 3 rings (SSSR count). The van der Waals surface area contributed by atoms with Crippen molar-refractivity contribution in [2.75, 3.05) is 19.9 Å². The SMILES string of the molecule is CCN(CC)[C@H](C(=O)NC1CCCC1)c1cc2c(cc1[N+](=O)[O-])OCO2. The third-order valence-corrected chi connectivity index (χ3v) is 5.14. The fourth-order valence-corrected chi connectivity index (χ4v) is 3.77. The van der Waals surface area contributed by atoms with Crippen LogP contribution in [0.1, 0.15) is 51.1 Å². The largest absolute Gasteiger partial charge is 0.454 e. The van der Waals surface area contributed by atoms with E-state index < -0.39 is 11.0 Å². The highest BCUT2D eigenvalue weighted by Gasteiger charge is 2.35. The number of nitrogens with one attached hydrogen (secondary N) is 1. The molecule has 1 aromatic carbocycles. The zero-order valence-corrected chi connectivity index (χ0v) is 15.2. The van der Waals surface area contributed by atoms with Gasteiger partial charge in [0.25, 0.3) is 5.69 Å². The normalized spacial score (nSPS) is 17.5. The first kappa shape index (κ1) is 18.4. The lowest BCUT2D eigenvalue weighted by molar-refractivity contribution is -0.385. The lowest BCUT2D eigenvalue weighted by Gasteiger charge is -2.30. The third kappa shape index (κ3) is 3.60. The molecule has 0 saturated heterocycles. The number of nitrogens with zero attached hydrogens (tertiary/aromatic N) is 2. The fourth-order valence-electron chi connectivity index (χ4n) is 3.77. The first-order valence-electron chi connectivity index (χ1n) is 9.17. The quantitative estimate of drug-likeness (QED) is 0.591. The van der Waals surface area contributed by atoms with E-state index in [2.05, 4.69) is 5.32 Å². The van der Waals surface area contributed by atoms with Crippen LogP contribution in [-0.4, -0.2) is 41.7 Å². The minimum atomic E-state index is -0.736. The molecular weight excluding hydrogens is 338 g/mol. The van der Waals surface area contributed by atoms with Crippen LogP contribution in [0.15, 0.2) is 12.1 Å². The molecule has 0 radical (unpaired) electrons. The van der Waals surface area contributed by atoms with Crippen molar-refractivity contribution < 1.29 is 19.2 Å². The molecule has 0 spiro atoms. The zero-order valence-electron chi connectivity index (χ0n) is 15.2. The van der Waals surface area contributed by atoms with E-state index in [9.17, 15) is 14.9 Å². The molecule has 1 N–H and O–H groups in total. The van der Waals surface area contributed by atoms with E-state index >= 15 is 0 Å². The number of nitro groups is 1. The highest BCUT2D eigenvalue weighted by atomic mass is 16.7. The minimum Gasteiger partial charge on any atom is -0.454 e. The van der Waals surface area contributed by atoms with Crippen molar-refractivity contribution in [3.05, 3.63) is 27.8 Å². The summed E-state index contributed by atoms with van der Waals surface area (Å²) >= 11 is 0. The van der Waals surface area contributed by atoms with Gasteiger partial charge in [0.05, 0.1) is 16.6 Å². The average molecular weight is 363 g/mol. The van der Waals surface area contributed by atoms with Gasteiger partial charge in [0.15, 0.2) is 11.5 Å². The molecule has 26 heavy (non-hydrogen) atoms. The van der Waals surface area contributed by atoms with Crippen molar-refractivity contribution in [1.29, 1.82) is 0 Å². The van der Waals surface area contributed by atoms with Crippen LogP contribution in [0.25, 0.3) is 0 Å². The van der Waals surface area contributed by atoms with Crippen molar-refractivity contribution in [1.82, 2.24) is 10.2 Å². The Morgan fingerprint density at radius 3 is 2.46 bits per heavy atom. The smallest absolute Gasteiger partial charge is 0.278 e. The van der Waals surface area contributed by atoms with Gasteiger partial charge in [-0.05, 0) is 32.0 Å². The summed E-state index contributed by atoms with van der Waals surface area (Å²) in [5, 5.41) is 14.7. The van der Waals surface area contributed by atoms with Crippen LogP contribution in [0, 0.1) is 10.1 Å². The van der Waals surface area contributed by atoms with Crippen LogP contribution >= 0.6 is 0 Å². The van der Waals surface area contributed by atoms with Crippen molar-refractivity contribution in [3.63, 3.8) is 0 Å². The van der Waals surface area contributed by atoms with Gasteiger partial charge in [-0.1, -0.05) is 26.7 Å². The molecule has 0 unspecified atom stereocenters. The Morgan fingerprint density at radius 1 is 1.27 bits per heavy atom. The van der Waals surface area contributed by atoms with Gasteiger partial charge in [-0.25, -0.2) is 0 Å². The highest BCUT2D eigenvalue weighted by Crippen LogP contribution is 2.41. The lowest BCUT2D eigenvalue weighted by Crippen LogP contribution is -2.44. The number of fused-ring (bicyclic) bond motifs is 1. The maximum atomic E-state index is 13.1. The van der Waals surface area contributed by atoms with Gasteiger partial charge in [-0.15, -0.1) is 0 Å². The molecule has 2 aliphatic rings. The maximum absolute atomic E-state index is 13.1. The molecule has 0 bridgehead atoms. The molecule has 1 amide bonds. The van der Waals surface area contributed by atoms with Crippen molar-refractivity contribution in [2.45, 2.75) is 51.6 Å². The van der Waals surface area contributed by atoms with Crippen LogP contribution in [0.2, 0.25) is 0 Å². The number of hydrogen-bond acceptors (Lipinski definition) is 6. The lowest BCUT2D eigenvalue weighted by atomic mass is 10.0. The molecule has 8 nitrogen and oxygen atoms in total. The molecule has 1 heterocycles. The van der Waals surface area contributed by atoms with E-state index in [-0.39, 0.29) is 24.4 Å². The molecular formula is C18H25N3O5. The first-order chi connectivity index (χ1) is 12.5. The van der Waals surface area contributed by atoms with Gasteiger partial charge in [0.1, 0.15) is 6.04 Å². The van der Waals surface area contributed by atoms with Gasteiger partial charge in [0.2, 0.25) is 12.7 Å². The first-order valence-corrected chi connectivity index (χ1v) is 9.17. The number of amides is 1. The zero-order chi connectivity index (χ0) is 18.7. The highest BCUT2D eigenvalue weighted by molar-refractivity contribution is 5.85. The van der Waals surface area contributed by atoms with Crippen LogP contribution in [0.3, 0.4) is 0 Å². The number of carbonyl (C=O) groups is 1. The van der Waals surface area contributed by atoms with E-state index in [0.717, 1.165) is 25.7 Å². The van der Waals surface area contributed by atoms with Crippen molar-refractivity contribution in [2.24, 2.45) is 0 Å². The number of likely N-dealkylation sites (N-methyl/N-ethyl adjacent to an activating group) is 1. The fraction of sp³-hybridized carbons (Fsp3) is 0.611. The van der Waals surface area contributed by atoms with Crippen molar-refractivity contribution in [3.8, 4) is 11.5 Å². The Labute approximate surface area is 152 Å². The Balaban J connectivity index is 2.00. The second kappa shape index (κ2) is 7.90. The van der Waals surface area contributed by atoms with Crippen LogP contribution < -0.4 is 14.8 Å². The topological polar surface area (TPSA) is 93.9 Å². The Morgan fingerprint density at radius 2 is 1.88 bits per heavy atom. The van der Waals surface area contributed by atoms with E-state index in [4.69, 9.17) is 9.47 Å². The summed E-state index contributed by atoms with van der Waals surface area (Å²) < 4.78 is 10.7. The number of ether oxygens (including phenoxy) is 2. The minimum absolute atomic E-state index is 0.0279. The number of hydrogen-bond donors (Lipinski definition) is 1. The third-order valence-electron chi connectivity index (χ3n) is 5.14. The van der Waals surface area contributed by atoms with E-state index in [1.165, 1.54) is 6.07 Å². The number of nitro benzene ring substituents is 1. The standard InChI is InChI=1S/C18H25N3O5/c1-3-20(4-2)17(18(22)19-12-7-5-6-8-12)13-9-15-16(26-11-25-15)10-14(13)21(23)24/h9-10,12,17H,3-8,11H2,1-2H3,(H,19,22)/t17-/m0/s1. The second-order valence-corrected chi connectivity index (χ2v) is 6.64. The summed E-state index contributed by atoms with van der Waals surface area (Å²) in [5.74, 6) is 0.592. The van der Waals surface area contributed by atoms with Crippen molar-refractivity contribution >= 4 is 11.6 Å². The monoisotopic (exact) mass is 363 g/mol. The van der Waals surface area contributed by atoms with Gasteiger partial charge in [-0.2, -0.15) is 0 Å². The van der Waals surface area contributed by atoms with E-state index in [1.807, 2.05) is 18.7 Å². The molecule has 1 aliphatic carbocycles. The van der Waals surface area contributed by atoms with Gasteiger partial charge < -0.3 is 14.8 Å². The second-order valence-electron chi connectivity index (χ2n) is 6.64. The summed E-state index contributed by atoms with van der Waals surface area (Å²) in [5.41, 5.74) is 0.228. The Kier molecular flexibility index (Phi) is 5.61. The number of rotatable bonds is 7. The predicted molar refractivity (Wildman–Crippen MR) is 95.3 cm³/mol. The Hall–Kier alpha value is -2.35. The van der Waals surface area contributed by atoms with Gasteiger partial charge in [0, 0.05) is 6.04 Å². The maximum Gasteiger partial charge on any atom is 0.278 e. The molecule has 142 valence electrons. The van der Waals surface area contributed by atoms with E-state index in [1.54, 1.807) is 6.07 Å². The summed E-state index contributed by atoms with van der Waals surface area (Å²) in [6.45, 7) is 5.12. The van der Waals surface area contributed by atoms with Crippen LogP contribution in [0.5, 0.6) is 11.5 Å². The Bertz CT molecular complexity index is 684. The molecule has 1 fully saturated rings. The summed E-state index contributed by atoms with van der Waals surface area (Å²) in [4.78, 5) is 26.2. The molecule has 1 aromatic rings. The number of carbonyl (C=O) groups excluding carboxylic acids is 1. The molecule has 0 aromatic heterocycles. The molecule has 8 heteroatoms. The number of benzene rings is 1. The van der Waals surface area contributed by atoms with Crippen LogP contribution in [0.4, 0.5) is 5.69 Å². The summed E-state index contributed by atoms with van der Waals surface area (Å²) in [7, 11) is 0. The van der Waals surface area contributed by atoms with E-state index in [0.29, 0.717) is 30.2 Å². The average Bonchev–Trinajstić information content (AvgIpc) is 3.29.